The molecule has 1 saturated heterocycles. The van der Waals surface area contributed by atoms with Gasteiger partial charge in [-0.1, -0.05) is 60.2 Å². The van der Waals surface area contributed by atoms with E-state index in [1.54, 1.807) is 0 Å². The molecule has 0 spiro atoms. The molecule has 2 aromatic carbocycles. The lowest BCUT2D eigenvalue weighted by atomic mass is 9.86. The van der Waals surface area contributed by atoms with Crippen LogP contribution < -0.4 is 0 Å². The van der Waals surface area contributed by atoms with Gasteiger partial charge in [0, 0.05) is 12.5 Å². The number of aliphatic hydroxyl groups is 1. The van der Waals surface area contributed by atoms with Crippen molar-refractivity contribution < 1.29 is 5.11 Å². The number of piperidine rings is 1. The fourth-order valence-corrected chi connectivity index (χ4v) is 3.80. The minimum absolute atomic E-state index is 0.241. The molecule has 2 heteroatoms. The maximum Gasteiger partial charge on any atom is 0.0735 e. The Morgan fingerprint density at radius 2 is 1.88 bits per heavy atom. The molecule has 1 fully saturated rings. The molecule has 2 aromatic rings. The number of likely N-dealkylation sites (tertiary alicyclic amines) is 1. The Kier molecular flexibility index (Phi) is 6.06. The zero-order valence-electron chi connectivity index (χ0n) is 14.7. The summed E-state index contributed by atoms with van der Waals surface area (Å²) in [6.07, 6.45) is 4.40. The summed E-state index contributed by atoms with van der Waals surface area (Å²) in [4.78, 5) is 2.43. The summed E-state index contributed by atoms with van der Waals surface area (Å²) in [5.41, 5.74) is 4.00. The second-order valence-corrected chi connectivity index (χ2v) is 7.12. The van der Waals surface area contributed by atoms with E-state index in [1.807, 2.05) is 0 Å². The zero-order chi connectivity index (χ0) is 16.8. The quantitative estimate of drug-likeness (QED) is 0.807. The molecule has 1 heterocycles. The molecule has 24 heavy (non-hydrogen) atoms. The molecule has 0 amide bonds. The molecule has 0 aromatic heterocycles. The highest BCUT2D eigenvalue weighted by Gasteiger charge is 2.28. The van der Waals surface area contributed by atoms with Crippen LogP contribution >= 0.6 is 0 Å². The van der Waals surface area contributed by atoms with Gasteiger partial charge in [-0.25, -0.2) is 0 Å². The van der Waals surface area contributed by atoms with Crippen molar-refractivity contribution in [3.8, 4) is 0 Å². The Bertz CT molecular complexity index is 625. The van der Waals surface area contributed by atoms with Crippen LogP contribution in [0.3, 0.4) is 0 Å². The Labute approximate surface area is 146 Å². The smallest absolute Gasteiger partial charge is 0.0735 e. The van der Waals surface area contributed by atoms with E-state index in [1.165, 1.54) is 29.5 Å². The Balaban J connectivity index is 1.42. The summed E-state index contributed by atoms with van der Waals surface area (Å²) in [6.45, 7) is 5.13. The summed E-state index contributed by atoms with van der Waals surface area (Å²) >= 11 is 0. The molecule has 3 rings (SSSR count). The third kappa shape index (κ3) is 4.68. The van der Waals surface area contributed by atoms with Gasteiger partial charge < -0.3 is 10.0 Å². The van der Waals surface area contributed by atoms with Crippen molar-refractivity contribution in [1.82, 2.24) is 4.90 Å². The van der Waals surface area contributed by atoms with Gasteiger partial charge in [-0.2, -0.15) is 0 Å². The maximum absolute atomic E-state index is 10.6. The number of hydrogen-bond acceptors (Lipinski definition) is 2. The van der Waals surface area contributed by atoms with Crippen molar-refractivity contribution in [3.63, 3.8) is 0 Å². The number of unbranched alkanes of at least 4 members (excludes halogenated alkanes) is 1. The average molecular weight is 323 g/mol. The van der Waals surface area contributed by atoms with Crippen molar-refractivity contribution in [1.29, 1.82) is 0 Å². The lowest BCUT2D eigenvalue weighted by molar-refractivity contribution is 0.0506. The first-order chi connectivity index (χ1) is 11.7. The van der Waals surface area contributed by atoms with E-state index in [0.717, 1.165) is 32.5 Å². The van der Waals surface area contributed by atoms with Gasteiger partial charge in [0.25, 0.3) is 0 Å². The lowest BCUT2D eigenvalue weighted by Crippen LogP contribution is -2.43. The van der Waals surface area contributed by atoms with Crippen LogP contribution in [0.1, 0.15) is 41.9 Å². The summed E-state index contributed by atoms with van der Waals surface area (Å²) in [6, 6.07) is 19.3. The van der Waals surface area contributed by atoms with Gasteiger partial charge in [0.05, 0.1) is 6.10 Å². The van der Waals surface area contributed by atoms with Gasteiger partial charge in [-0.15, -0.1) is 0 Å². The van der Waals surface area contributed by atoms with Gasteiger partial charge in [0.2, 0.25) is 0 Å². The Morgan fingerprint density at radius 3 is 2.62 bits per heavy atom. The van der Waals surface area contributed by atoms with E-state index in [0.29, 0.717) is 5.92 Å². The minimum atomic E-state index is -0.241. The fourth-order valence-electron chi connectivity index (χ4n) is 3.80. The second kappa shape index (κ2) is 8.46. The molecule has 2 nitrogen and oxygen atoms in total. The summed E-state index contributed by atoms with van der Waals surface area (Å²) in [7, 11) is 0. The van der Waals surface area contributed by atoms with Crippen molar-refractivity contribution in [2.75, 3.05) is 19.6 Å². The van der Waals surface area contributed by atoms with E-state index in [-0.39, 0.29) is 6.10 Å². The third-order valence-electron chi connectivity index (χ3n) is 5.17. The standard InChI is InChI=1S/C22H29NO/c1-18-8-7-12-20(16-18)21-13-15-23(17-22(21)24)14-6-5-11-19-9-3-2-4-10-19/h2-4,7-10,12,16,21-22,24H,5-6,11,13-15,17H2,1H3. The minimum Gasteiger partial charge on any atom is -0.391 e. The number of aryl methyl sites for hydroxylation is 2. The van der Waals surface area contributed by atoms with Gasteiger partial charge in [0.15, 0.2) is 0 Å². The number of aliphatic hydroxyl groups excluding tert-OH is 1. The molecule has 0 saturated carbocycles. The molecule has 128 valence electrons. The monoisotopic (exact) mass is 323 g/mol. The highest BCUT2D eigenvalue weighted by atomic mass is 16.3. The van der Waals surface area contributed by atoms with E-state index in [9.17, 15) is 5.11 Å². The zero-order valence-corrected chi connectivity index (χ0v) is 14.7. The number of nitrogens with zero attached hydrogens (tertiary/aromatic N) is 1. The number of rotatable bonds is 6. The highest BCUT2D eigenvalue weighted by Crippen LogP contribution is 2.29. The van der Waals surface area contributed by atoms with Crippen LogP contribution in [0.15, 0.2) is 54.6 Å². The van der Waals surface area contributed by atoms with Gasteiger partial charge in [-0.05, 0) is 56.8 Å². The predicted molar refractivity (Wildman–Crippen MR) is 100 cm³/mol. The molecule has 2 atom stereocenters. The van der Waals surface area contributed by atoms with Crippen LogP contribution in [-0.2, 0) is 6.42 Å². The van der Waals surface area contributed by atoms with E-state index in [4.69, 9.17) is 0 Å². The highest BCUT2D eigenvalue weighted by molar-refractivity contribution is 5.27. The maximum atomic E-state index is 10.6. The first-order valence-electron chi connectivity index (χ1n) is 9.23. The van der Waals surface area contributed by atoms with Crippen molar-refractivity contribution in [2.45, 2.75) is 44.6 Å². The number of benzene rings is 2. The largest absolute Gasteiger partial charge is 0.391 e. The molecule has 1 aliphatic heterocycles. The van der Waals surface area contributed by atoms with Crippen LogP contribution in [-0.4, -0.2) is 35.7 Å². The molecular formula is C22H29NO. The van der Waals surface area contributed by atoms with Gasteiger partial charge in [0.1, 0.15) is 0 Å². The predicted octanol–water partition coefficient (Wildman–Crippen LogP) is 4.17. The van der Waals surface area contributed by atoms with Crippen LogP contribution in [0.4, 0.5) is 0 Å². The molecule has 0 aliphatic carbocycles. The summed E-state index contributed by atoms with van der Waals surface area (Å²) in [5.74, 6) is 0.297. The molecular weight excluding hydrogens is 294 g/mol. The van der Waals surface area contributed by atoms with E-state index >= 15 is 0 Å². The Hall–Kier alpha value is -1.64. The van der Waals surface area contributed by atoms with Crippen molar-refractivity contribution >= 4 is 0 Å². The molecule has 1 aliphatic rings. The van der Waals surface area contributed by atoms with Crippen LogP contribution in [0.5, 0.6) is 0 Å². The summed E-state index contributed by atoms with van der Waals surface area (Å²) < 4.78 is 0. The van der Waals surface area contributed by atoms with Gasteiger partial charge >= 0.3 is 0 Å². The fraction of sp³-hybridized carbons (Fsp3) is 0.455. The van der Waals surface area contributed by atoms with Gasteiger partial charge in [-0.3, -0.25) is 0 Å². The first-order valence-corrected chi connectivity index (χ1v) is 9.23. The van der Waals surface area contributed by atoms with Crippen LogP contribution in [0.2, 0.25) is 0 Å². The molecule has 1 N–H and O–H groups in total. The van der Waals surface area contributed by atoms with E-state index < -0.39 is 0 Å². The van der Waals surface area contributed by atoms with Crippen LogP contribution in [0, 0.1) is 6.92 Å². The Morgan fingerprint density at radius 1 is 1.04 bits per heavy atom. The normalized spacial score (nSPS) is 21.8. The average Bonchev–Trinajstić information content (AvgIpc) is 2.60. The second-order valence-electron chi connectivity index (χ2n) is 7.12. The first kappa shape index (κ1) is 17.2. The summed E-state index contributed by atoms with van der Waals surface area (Å²) in [5, 5.41) is 10.6. The third-order valence-corrected chi connectivity index (χ3v) is 5.17. The van der Waals surface area contributed by atoms with E-state index in [2.05, 4.69) is 66.4 Å². The SMILES string of the molecule is Cc1cccc(C2CCN(CCCCc3ccccc3)CC2O)c1. The van der Waals surface area contributed by atoms with Crippen LogP contribution in [0.25, 0.3) is 0 Å². The number of hydrogen-bond donors (Lipinski definition) is 1. The topological polar surface area (TPSA) is 23.5 Å². The molecule has 0 bridgehead atoms. The van der Waals surface area contributed by atoms with Crippen molar-refractivity contribution in [3.05, 3.63) is 71.3 Å². The lowest BCUT2D eigenvalue weighted by Gasteiger charge is -2.36. The number of β-amino-alcohol motifs (C(OH)–C–C–N with tert-alkyl or cyclic N) is 1. The molecule has 0 radical (unpaired) electrons. The molecule has 2 unspecified atom stereocenters. The van der Waals surface area contributed by atoms with Crippen molar-refractivity contribution in [2.24, 2.45) is 0 Å².